The van der Waals surface area contributed by atoms with E-state index in [0.29, 0.717) is 34.5 Å². The molecule has 0 unspecified atom stereocenters. The average Bonchev–Trinajstić information content (AvgIpc) is 2.55. The Morgan fingerprint density at radius 2 is 2.00 bits per heavy atom. The number of benzene rings is 1. The van der Waals surface area contributed by atoms with Gasteiger partial charge in [0.25, 0.3) is 5.56 Å². The summed E-state index contributed by atoms with van der Waals surface area (Å²) in [7, 11) is 0. The Kier molecular flexibility index (Phi) is 6.76. The lowest BCUT2D eigenvalue weighted by molar-refractivity contribution is -0.115. The first-order valence-corrected chi connectivity index (χ1v) is 8.74. The predicted octanol–water partition coefficient (Wildman–Crippen LogP) is 2.38. The zero-order valence-corrected chi connectivity index (χ0v) is 14.8. The quantitative estimate of drug-likeness (QED) is 0.446. The Morgan fingerprint density at radius 1 is 1.28 bits per heavy atom. The number of hydrogen-bond acceptors (Lipinski definition) is 6. The number of nitrogens with one attached hydrogen (secondary N) is 2. The largest absolute Gasteiger partial charge is 0.462 e. The molecule has 1 heterocycles. The number of carbonyl (C=O) groups is 2. The van der Waals surface area contributed by atoms with E-state index in [2.05, 4.69) is 15.3 Å². The number of aromatic amines is 1. The minimum atomic E-state index is -0.392. The number of aryl methyl sites for hydroxylation is 1. The highest BCUT2D eigenvalue weighted by molar-refractivity contribution is 7.99. The number of rotatable bonds is 7. The van der Waals surface area contributed by atoms with Gasteiger partial charge in [0, 0.05) is 29.6 Å². The SMILES string of the molecule is CCOC(=O)c1ccc(NC(=O)CCSc2nc(C)cc(=O)[nH]2)cc1. The lowest BCUT2D eigenvalue weighted by Crippen LogP contribution is -2.13. The van der Waals surface area contributed by atoms with Gasteiger partial charge >= 0.3 is 5.97 Å². The van der Waals surface area contributed by atoms with Crippen LogP contribution in [0, 0.1) is 6.92 Å². The zero-order valence-electron chi connectivity index (χ0n) is 14.0. The van der Waals surface area contributed by atoms with Crippen LogP contribution >= 0.6 is 11.8 Å². The number of thioether (sulfide) groups is 1. The molecule has 0 aliphatic rings. The van der Waals surface area contributed by atoms with Crippen LogP contribution in [0.15, 0.2) is 40.3 Å². The number of anilines is 1. The number of ether oxygens (including phenoxy) is 1. The van der Waals surface area contributed by atoms with Crippen molar-refractivity contribution >= 4 is 29.3 Å². The van der Waals surface area contributed by atoms with Crippen molar-refractivity contribution in [1.29, 1.82) is 0 Å². The van der Waals surface area contributed by atoms with Crippen LogP contribution in [0.5, 0.6) is 0 Å². The van der Waals surface area contributed by atoms with Crippen LogP contribution in [0.2, 0.25) is 0 Å². The van der Waals surface area contributed by atoms with Gasteiger partial charge < -0.3 is 15.0 Å². The topological polar surface area (TPSA) is 101 Å². The highest BCUT2D eigenvalue weighted by atomic mass is 32.2. The number of esters is 1. The molecule has 8 heteroatoms. The first-order valence-electron chi connectivity index (χ1n) is 7.75. The predicted molar refractivity (Wildman–Crippen MR) is 96.0 cm³/mol. The van der Waals surface area contributed by atoms with E-state index >= 15 is 0 Å². The summed E-state index contributed by atoms with van der Waals surface area (Å²) in [6.07, 6.45) is 0.266. The van der Waals surface area contributed by atoms with E-state index in [1.54, 1.807) is 38.1 Å². The molecule has 25 heavy (non-hydrogen) atoms. The van der Waals surface area contributed by atoms with E-state index in [0.717, 1.165) is 0 Å². The summed E-state index contributed by atoms with van der Waals surface area (Å²) < 4.78 is 4.90. The average molecular weight is 361 g/mol. The summed E-state index contributed by atoms with van der Waals surface area (Å²) in [6, 6.07) is 7.91. The monoisotopic (exact) mass is 361 g/mol. The van der Waals surface area contributed by atoms with Crippen molar-refractivity contribution in [3.63, 3.8) is 0 Å². The van der Waals surface area contributed by atoms with Crippen LogP contribution in [0.25, 0.3) is 0 Å². The van der Waals surface area contributed by atoms with Gasteiger partial charge in [-0.25, -0.2) is 9.78 Å². The molecule has 0 bridgehead atoms. The van der Waals surface area contributed by atoms with Crippen LogP contribution in [0.1, 0.15) is 29.4 Å². The molecule has 7 nitrogen and oxygen atoms in total. The van der Waals surface area contributed by atoms with Gasteiger partial charge in [-0.2, -0.15) is 0 Å². The molecule has 0 aliphatic carbocycles. The second kappa shape index (κ2) is 9.03. The van der Waals surface area contributed by atoms with Crippen molar-refractivity contribution in [1.82, 2.24) is 9.97 Å². The Balaban J connectivity index is 1.81. The third-order valence-electron chi connectivity index (χ3n) is 3.10. The molecule has 0 saturated heterocycles. The fraction of sp³-hybridized carbons (Fsp3) is 0.294. The van der Waals surface area contributed by atoms with Gasteiger partial charge in [0.05, 0.1) is 12.2 Å². The normalized spacial score (nSPS) is 10.3. The molecular weight excluding hydrogens is 342 g/mol. The van der Waals surface area contributed by atoms with Crippen LogP contribution in [-0.2, 0) is 9.53 Å². The van der Waals surface area contributed by atoms with Crippen molar-refractivity contribution < 1.29 is 14.3 Å². The minimum Gasteiger partial charge on any atom is -0.462 e. The smallest absolute Gasteiger partial charge is 0.338 e. The number of carbonyl (C=O) groups excluding carboxylic acids is 2. The van der Waals surface area contributed by atoms with Crippen LogP contribution in [-0.4, -0.2) is 34.2 Å². The fourth-order valence-corrected chi connectivity index (χ4v) is 2.85. The molecule has 2 N–H and O–H groups in total. The van der Waals surface area contributed by atoms with Crippen molar-refractivity contribution in [3.8, 4) is 0 Å². The Labute approximate surface area is 149 Å². The van der Waals surface area contributed by atoms with Gasteiger partial charge in [-0.15, -0.1) is 0 Å². The van der Waals surface area contributed by atoms with Crippen molar-refractivity contribution in [3.05, 3.63) is 51.9 Å². The molecule has 0 aliphatic heterocycles. The standard InChI is InChI=1S/C17H19N3O4S/c1-3-24-16(23)12-4-6-13(7-5-12)19-14(21)8-9-25-17-18-11(2)10-15(22)20-17/h4-7,10H,3,8-9H2,1-2H3,(H,19,21)(H,18,20,22). The molecule has 0 spiro atoms. The molecule has 0 saturated carbocycles. The molecular formula is C17H19N3O4S. The Hall–Kier alpha value is -2.61. The summed E-state index contributed by atoms with van der Waals surface area (Å²) >= 11 is 1.31. The van der Waals surface area contributed by atoms with Gasteiger partial charge in [0.2, 0.25) is 5.91 Å². The van der Waals surface area contributed by atoms with Gasteiger partial charge in [-0.05, 0) is 38.1 Å². The lowest BCUT2D eigenvalue weighted by atomic mass is 10.2. The van der Waals surface area contributed by atoms with Gasteiger partial charge in [-0.1, -0.05) is 11.8 Å². The molecule has 132 valence electrons. The van der Waals surface area contributed by atoms with Crippen LogP contribution < -0.4 is 10.9 Å². The Bertz CT molecular complexity index is 802. The molecule has 0 atom stereocenters. The maximum atomic E-state index is 11.9. The number of H-pyrrole nitrogens is 1. The molecule has 2 aromatic rings. The molecule has 0 radical (unpaired) electrons. The molecule has 0 fully saturated rings. The molecule has 1 aromatic heterocycles. The summed E-state index contributed by atoms with van der Waals surface area (Å²) in [4.78, 5) is 41.7. The first-order chi connectivity index (χ1) is 12.0. The van der Waals surface area contributed by atoms with E-state index in [-0.39, 0.29) is 17.9 Å². The van der Waals surface area contributed by atoms with Gasteiger partial charge in [0.15, 0.2) is 5.16 Å². The zero-order chi connectivity index (χ0) is 18.2. The molecule has 1 aromatic carbocycles. The summed E-state index contributed by atoms with van der Waals surface area (Å²) in [5, 5.41) is 3.25. The highest BCUT2D eigenvalue weighted by Gasteiger charge is 2.08. The van der Waals surface area contributed by atoms with E-state index in [9.17, 15) is 14.4 Å². The second-order valence-corrected chi connectivity index (χ2v) is 6.22. The second-order valence-electron chi connectivity index (χ2n) is 5.14. The fourth-order valence-electron chi connectivity index (χ4n) is 1.99. The van der Waals surface area contributed by atoms with Gasteiger partial charge in [0.1, 0.15) is 0 Å². The summed E-state index contributed by atoms with van der Waals surface area (Å²) in [6.45, 7) is 3.80. The maximum absolute atomic E-state index is 11.9. The third kappa shape index (κ3) is 6.07. The maximum Gasteiger partial charge on any atom is 0.338 e. The van der Waals surface area contributed by atoms with Crippen LogP contribution in [0.4, 0.5) is 5.69 Å². The van der Waals surface area contributed by atoms with E-state index < -0.39 is 5.97 Å². The number of aromatic nitrogens is 2. The van der Waals surface area contributed by atoms with Crippen molar-refractivity contribution in [2.24, 2.45) is 0 Å². The van der Waals surface area contributed by atoms with Crippen LogP contribution in [0.3, 0.4) is 0 Å². The van der Waals surface area contributed by atoms with Crippen molar-refractivity contribution in [2.75, 3.05) is 17.7 Å². The highest BCUT2D eigenvalue weighted by Crippen LogP contribution is 2.14. The minimum absolute atomic E-state index is 0.161. The lowest BCUT2D eigenvalue weighted by Gasteiger charge is -2.06. The third-order valence-corrected chi connectivity index (χ3v) is 3.97. The number of hydrogen-bond donors (Lipinski definition) is 2. The molecule has 2 rings (SSSR count). The number of amides is 1. The van der Waals surface area contributed by atoms with E-state index in [1.165, 1.54) is 17.8 Å². The van der Waals surface area contributed by atoms with E-state index in [1.807, 2.05) is 0 Å². The summed E-state index contributed by atoms with van der Waals surface area (Å²) in [5.74, 6) is -0.0677. The molecule has 1 amide bonds. The Morgan fingerprint density at radius 3 is 2.64 bits per heavy atom. The van der Waals surface area contributed by atoms with E-state index in [4.69, 9.17) is 4.74 Å². The van der Waals surface area contributed by atoms with Gasteiger partial charge in [-0.3, -0.25) is 9.59 Å². The van der Waals surface area contributed by atoms with Crippen molar-refractivity contribution in [2.45, 2.75) is 25.4 Å². The summed E-state index contributed by atoms with van der Waals surface area (Å²) in [5.41, 5.74) is 1.47. The first kappa shape index (κ1) is 18.7. The number of nitrogens with zero attached hydrogens (tertiary/aromatic N) is 1.